The third-order valence-corrected chi connectivity index (χ3v) is 7.63. The van der Waals surface area contributed by atoms with Gasteiger partial charge in [0, 0.05) is 24.0 Å². The Morgan fingerprint density at radius 3 is 2.27 bits per heavy atom. The first-order valence-corrected chi connectivity index (χ1v) is 14.3. The van der Waals surface area contributed by atoms with Gasteiger partial charge in [-0.15, -0.1) is 22.9 Å². The standard InChI is InChI=1S/C20H15N2O2S.C9H7.C5H5N.Pd/c1-14-7-11-17(12-8-14)25(23,24)22-18-6-2-4-15-9-10-16-5-3-13-21-20(16)19(15)18;1-2-5-9-7-3-6-8(9)4-1;1-2-4-6-5-3-1;/h2-13H,1H3;1,3-5,7H,6H2;1-5H;/q2*-1;;+2. The molecule has 6 aromatic rings. The van der Waals surface area contributed by atoms with Crippen molar-refractivity contribution in [2.45, 2.75) is 18.2 Å². The summed E-state index contributed by atoms with van der Waals surface area (Å²) in [6.07, 6.45) is 10.6. The number of hydrogen-bond acceptors (Lipinski definition) is 4. The van der Waals surface area contributed by atoms with Gasteiger partial charge < -0.3 is 4.72 Å². The maximum atomic E-state index is 12.7. The molecule has 0 spiro atoms. The van der Waals surface area contributed by atoms with E-state index in [2.05, 4.69) is 39.0 Å². The van der Waals surface area contributed by atoms with Gasteiger partial charge in [0.05, 0.1) is 10.4 Å². The number of benzene rings is 4. The molecule has 0 N–H and O–H groups in total. The molecule has 0 aliphatic heterocycles. The number of pyridine rings is 2. The van der Waals surface area contributed by atoms with Crippen molar-refractivity contribution in [3.63, 3.8) is 0 Å². The van der Waals surface area contributed by atoms with Crippen LogP contribution >= 0.6 is 0 Å². The van der Waals surface area contributed by atoms with Crippen LogP contribution < -0.4 is 0 Å². The molecule has 0 unspecified atom stereocenters. The average Bonchev–Trinajstić information content (AvgIpc) is 3.48. The molecule has 1 aliphatic rings. The fourth-order valence-electron chi connectivity index (χ4n) is 4.31. The van der Waals surface area contributed by atoms with E-state index >= 15 is 0 Å². The number of fused-ring (bicyclic) bond motifs is 4. The molecule has 0 saturated carbocycles. The van der Waals surface area contributed by atoms with Gasteiger partial charge in [0.2, 0.25) is 0 Å². The van der Waals surface area contributed by atoms with Crippen molar-refractivity contribution in [1.82, 2.24) is 9.97 Å². The average molecular weight is 648 g/mol. The fourth-order valence-corrected chi connectivity index (χ4v) is 5.30. The molecular weight excluding hydrogens is 621 g/mol. The molecule has 0 bridgehead atoms. The van der Waals surface area contributed by atoms with Gasteiger partial charge in [-0.2, -0.15) is 24.3 Å². The van der Waals surface area contributed by atoms with Crippen molar-refractivity contribution in [1.29, 1.82) is 0 Å². The van der Waals surface area contributed by atoms with Crippen LogP contribution in [0.25, 0.3) is 32.5 Å². The molecule has 2 heterocycles. The molecule has 41 heavy (non-hydrogen) atoms. The zero-order chi connectivity index (χ0) is 27.8. The molecule has 0 fully saturated rings. The number of aryl methyl sites for hydroxylation is 1. The van der Waals surface area contributed by atoms with Crippen LogP contribution in [-0.2, 0) is 36.9 Å². The van der Waals surface area contributed by atoms with E-state index in [1.54, 1.807) is 55.0 Å². The van der Waals surface area contributed by atoms with E-state index in [0.717, 1.165) is 33.7 Å². The van der Waals surface area contributed by atoms with Crippen LogP contribution in [0.5, 0.6) is 0 Å². The van der Waals surface area contributed by atoms with Crippen molar-refractivity contribution in [3.8, 4) is 0 Å². The monoisotopic (exact) mass is 647 g/mol. The predicted molar refractivity (Wildman–Crippen MR) is 163 cm³/mol. The number of aromatic nitrogens is 2. The van der Waals surface area contributed by atoms with Gasteiger partial charge in [-0.25, -0.2) is 8.42 Å². The molecule has 4 aromatic carbocycles. The molecule has 0 atom stereocenters. The third-order valence-electron chi connectivity index (χ3n) is 6.32. The van der Waals surface area contributed by atoms with Crippen LogP contribution in [0.4, 0.5) is 5.69 Å². The Morgan fingerprint density at radius 1 is 0.805 bits per heavy atom. The second-order valence-electron chi connectivity index (χ2n) is 9.15. The molecule has 0 saturated heterocycles. The summed E-state index contributed by atoms with van der Waals surface area (Å²) >= 11 is 0. The first-order valence-electron chi connectivity index (χ1n) is 12.8. The van der Waals surface area contributed by atoms with Gasteiger partial charge in [0.1, 0.15) is 10.0 Å². The van der Waals surface area contributed by atoms with Crippen molar-refractivity contribution >= 4 is 43.5 Å². The summed E-state index contributed by atoms with van der Waals surface area (Å²) in [5.41, 5.74) is 4.91. The zero-order valence-corrected chi connectivity index (χ0v) is 24.7. The minimum absolute atomic E-state index is 0. The topological polar surface area (TPSA) is 74.0 Å². The van der Waals surface area contributed by atoms with Crippen LogP contribution in [0.3, 0.4) is 0 Å². The Balaban J connectivity index is 0.000000197. The van der Waals surface area contributed by atoms with E-state index in [1.165, 1.54) is 11.1 Å². The van der Waals surface area contributed by atoms with Crippen molar-refractivity contribution in [3.05, 3.63) is 155 Å². The summed E-state index contributed by atoms with van der Waals surface area (Å²) in [4.78, 5) is 8.40. The summed E-state index contributed by atoms with van der Waals surface area (Å²) < 4.78 is 29.5. The number of allylic oxidation sites excluding steroid dienone is 1. The van der Waals surface area contributed by atoms with E-state index in [9.17, 15) is 8.42 Å². The molecule has 1 aliphatic carbocycles. The van der Waals surface area contributed by atoms with Gasteiger partial charge in [-0.3, -0.25) is 9.97 Å². The largest absolute Gasteiger partial charge is 2.00 e. The maximum Gasteiger partial charge on any atom is 2.00 e. The van der Waals surface area contributed by atoms with E-state index < -0.39 is 10.0 Å². The van der Waals surface area contributed by atoms with E-state index in [0.29, 0.717) is 5.69 Å². The van der Waals surface area contributed by atoms with Crippen LogP contribution in [0.15, 0.2) is 133 Å². The van der Waals surface area contributed by atoms with Crippen molar-refractivity contribution in [2.24, 2.45) is 0 Å². The molecule has 206 valence electrons. The number of nitrogens with zero attached hydrogens (tertiary/aromatic N) is 3. The molecular formula is C34H27N3O2PdS. The SMILES string of the molecule is Cc1ccc(S(=O)(=O)[N-]c2cccc3ccc4cccnc4c23)cc1.[Pd+2].[c-]1ccc2c(c1)C=CC2.c1ccncc1. The van der Waals surface area contributed by atoms with Gasteiger partial charge >= 0.3 is 20.4 Å². The second kappa shape index (κ2) is 14.0. The third kappa shape index (κ3) is 7.53. The normalized spacial score (nSPS) is 11.3. The Bertz CT molecular complexity index is 1850. The summed E-state index contributed by atoms with van der Waals surface area (Å²) in [6.45, 7) is 1.91. The molecule has 7 heteroatoms. The predicted octanol–water partition coefficient (Wildman–Crippen LogP) is 8.23. The van der Waals surface area contributed by atoms with E-state index in [-0.39, 0.29) is 25.3 Å². The van der Waals surface area contributed by atoms with Gasteiger partial charge in [-0.1, -0.05) is 66.2 Å². The maximum absolute atomic E-state index is 12.7. The Morgan fingerprint density at radius 2 is 1.56 bits per heavy atom. The first-order chi connectivity index (χ1) is 19.5. The summed E-state index contributed by atoms with van der Waals surface area (Å²) in [5, 5.41) is 2.60. The van der Waals surface area contributed by atoms with E-state index in [1.807, 2.05) is 67.6 Å². The van der Waals surface area contributed by atoms with Crippen molar-refractivity contribution in [2.75, 3.05) is 0 Å². The first kappa shape index (κ1) is 29.8. The van der Waals surface area contributed by atoms with E-state index in [4.69, 9.17) is 0 Å². The summed E-state index contributed by atoms with van der Waals surface area (Å²) in [7, 11) is -3.79. The molecule has 0 radical (unpaired) electrons. The van der Waals surface area contributed by atoms with Gasteiger partial charge in [-0.05, 0) is 54.4 Å². The number of rotatable bonds is 3. The van der Waals surface area contributed by atoms with Gasteiger partial charge in [0.15, 0.2) is 0 Å². The Labute approximate surface area is 254 Å². The molecule has 7 rings (SSSR count). The Hall–Kier alpha value is -4.15. The number of sulfonamides is 1. The minimum atomic E-state index is -3.79. The molecule has 2 aromatic heterocycles. The second-order valence-corrected chi connectivity index (χ2v) is 10.8. The van der Waals surface area contributed by atoms with Crippen LogP contribution in [0.2, 0.25) is 0 Å². The molecule has 5 nitrogen and oxygen atoms in total. The smallest absolute Gasteiger partial charge is 0.572 e. The summed E-state index contributed by atoms with van der Waals surface area (Å²) in [6, 6.07) is 34.7. The van der Waals surface area contributed by atoms with Gasteiger partial charge in [0.25, 0.3) is 0 Å². The quantitative estimate of drug-likeness (QED) is 0.110. The van der Waals surface area contributed by atoms with Crippen molar-refractivity contribution < 1.29 is 28.8 Å². The van der Waals surface area contributed by atoms with Crippen LogP contribution in [0, 0.1) is 13.0 Å². The summed E-state index contributed by atoms with van der Waals surface area (Å²) in [5.74, 6) is 0. The fraction of sp³-hybridized carbons (Fsp3) is 0.0588. The van der Waals surface area contributed by atoms with Crippen LogP contribution in [-0.4, -0.2) is 18.4 Å². The zero-order valence-electron chi connectivity index (χ0n) is 22.3. The number of hydrogen-bond donors (Lipinski definition) is 0. The van der Waals surface area contributed by atoms with Crippen LogP contribution in [0.1, 0.15) is 16.7 Å². The molecule has 0 amide bonds. The minimum Gasteiger partial charge on any atom is -0.572 e. The Kier molecular flexibility index (Phi) is 10.2.